The van der Waals surface area contributed by atoms with Crippen LogP contribution in [0.4, 0.5) is 13.2 Å². The Morgan fingerprint density at radius 2 is 1.88 bits per heavy atom. The Balaban J connectivity index is 1.66. The van der Waals surface area contributed by atoms with Crippen LogP contribution in [0.3, 0.4) is 0 Å². The zero-order chi connectivity index (χ0) is 24.0. The summed E-state index contributed by atoms with van der Waals surface area (Å²) in [6.07, 6.45) is -4.58. The first kappa shape index (κ1) is 24.3. The van der Waals surface area contributed by atoms with Crippen molar-refractivity contribution in [2.75, 3.05) is 13.2 Å². The topological polar surface area (TPSA) is 75.7 Å². The quantitative estimate of drug-likeness (QED) is 0.605. The SMILES string of the molecule is CCOC(=O)CC(NC(=O)C1CC(=O)N(Cc2cccc(C(F)(F)F)c2)C1)c1ccccc1. The monoisotopic (exact) mass is 462 g/mol. The number of esters is 1. The predicted octanol–water partition coefficient (Wildman–Crippen LogP) is 3.86. The van der Waals surface area contributed by atoms with E-state index < -0.39 is 35.6 Å². The molecule has 1 heterocycles. The van der Waals surface area contributed by atoms with Gasteiger partial charge in [0.15, 0.2) is 0 Å². The second-order valence-corrected chi connectivity index (χ2v) is 7.85. The van der Waals surface area contributed by atoms with Crippen LogP contribution in [0, 0.1) is 5.92 Å². The summed E-state index contributed by atoms with van der Waals surface area (Å²) in [5.41, 5.74) is 0.276. The number of likely N-dealkylation sites (tertiary alicyclic amines) is 1. The maximum atomic E-state index is 13.0. The summed E-state index contributed by atoms with van der Waals surface area (Å²) >= 11 is 0. The molecule has 1 aliphatic rings. The first-order valence-electron chi connectivity index (χ1n) is 10.6. The van der Waals surface area contributed by atoms with Crippen LogP contribution >= 0.6 is 0 Å². The van der Waals surface area contributed by atoms with E-state index in [1.165, 1.54) is 17.0 Å². The number of nitrogens with one attached hydrogen (secondary N) is 1. The van der Waals surface area contributed by atoms with E-state index in [0.717, 1.165) is 17.7 Å². The molecule has 2 aromatic carbocycles. The first-order chi connectivity index (χ1) is 15.7. The zero-order valence-corrected chi connectivity index (χ0v) is 18.1. The average molecular weight is 462 g/mol. The van der Waals surface area contributed by atoms with Gasteiger partial charge in [0.25, 0.3) is 0 Å². The van der Waals surface area contributed by atoms with Crippen LogP contribution in [-0.4, -0.2) is 35.8 Å². The van der Waals surface area contributed by atoms with Crippen LogP contribution in [-0.2, 0) is 31.8 Å². The lowest BCUT2D eigenvalue weighted by molar-refractivity contribution is -0.144. The van der Waals surface area contributed by atoms with Crippen molar-refractivity contribution in [3.63, 3.8) is 0 Å². The van der Waals surface area contributed by atoms with Gasteiger partial charge in [-0.15, -0.1) is 0 Å². The number of ether oxygens (including phenoxy) is 1. The Kier molecular flexibility index (Phi) is 7.73. The van der Waals surface area contributed by atoms with E-state index in [-0.39, 0.29) is 38.4 Å². The molecule has 1 aliphatic heterocycles. The van der Waals surface area contributed by atoms with Gasteiger partial charge in [-0.1, -0.05) is 42.5 Å². The van der Waals surface area contributed by atoms with Gasteiger partial charge in [-0.25, -0.2) is 0 Å². The summed E-state index contributed by atoms with van der Waals surface area (Å²) in [5.74, 6) is -1.83. The molecule has 0 bridgehead atoms. The molecule has 1 fully saturated rings. The summed E-state index contributed by atoms with van der Waals surface area (Å²) in [7, 11) is 0. The first-order valence-corrected chi connectivity index (χ1v) is 10.6. The third-order valence-corrected chi connectivity index (χ3v) is 5.41. The Morgan fingerprint density at radius 1 is 1.15 bits per heavy atom. The predicted molar refractivity (Wildman–Crippen MR) is 114 cm³/mol. The maximum absolute atomic E-state index is 13.0. The van der Waals surface area contributed by atoms with Gasteiger partial charge in [0.05, 0.1) is 30.6 Å². The van der Waals surface area contributed by atoms with Crippen molar-refractivity contribution >= 4 is 17.8 Å². The Labute approximate surface area is 189 Å². The second kappa shape index (κ2) is 10.5. The molecule has 1 N–H and O–H groups in total. The molecule has 33 heavy (non-hydrogen) atoms. The molecular formula is C24H25F3N2O4. The van der Waals surface area contributed by atoms with Gasteiger partial charge in [-0.2, -0.15) is 13.2 Å². The van der Waals surface area contributed by atoms with Gasteiger partial charge in [0.1, 0.15) is 0 Å². The Bertz CT molecular complexity index is 995. The molecule has 3 rings (SSSR count). The summed E-state index contributed by atoms with van der Waals surface area (Å²) in [5, 5.41) is 2.83. The molecule has 176 valence electrons. The lowest BCUT2D eigenvalue weighted by Gasteiger charge is -2.21. The van der Waals surface area contributed by atoms with Crippen LogP contribution in [0.25, 0.3) is 0 Å². The van der Waals surface area contributed by atoms with Crippen molar-refractivity contribution in [2.45, 2.75) is 38.5 Å². The van der Waals surface area contributed by atoms with Crippen molar-refractivity contribution in [1.82, 2.24) is 10.2 Å². The van der Waals surface area contributed by atoms with E-state index in [0.29, 0.717) is 5.56 Å². The van der Waals surface area contributed by atoms with Gasteiger partial charge in [-0.3, -0.25) is 14.4 Å². The van der Waals surface area contributed by atoms with Gasteiger partial charge in [-0.05, 0) is 30.2 Å². The van der Waals surface area contributed by atoms with E-state index in [4.69, 9.17) is 4.74 Å². The van der Waals surface area contributed by atoms with Crippen molar-refractivity contribution in [1.29, 1.82) is 0 Å². The lowest BCUT2D eigenvalue weighted by Crippen LogP contribution is -2.36. The molecule has 9 heteroatoms. The van der Waals surface area contributed by atoms with Crippen molar-refractivity contribution < 1.29 is 32.3 Å². The third-order valence-electron chi connectivity index (χ3n) is 5.41. The van der Waals surface area contributed by atoms with E-state index in [2.05, 4.69) is 5.32 Å². The van der Waals surface area contributed by atoms with E-state index in [9.17, 15) is 27.6 Å². The zero-order valence-electron chi connectivity index (χ0n) is 18.1. The molecular weight excluding hydrogens is 437 g/mol. The molecule has 2 atom stereocenters. The molecule has 0 saturated carbocycles. The van der Waals surface area contributed by atoms with Gasteiger partial charge < -0.3 is 15.0 Å². The van der Waals surface area contributed by atoms with Crippen molar-refractivity contribution in [2.24, 2.45) is 5.92 Å². The molecule has 2 aromatic rings. The summed E-state index contributed by atoms with van der Waals surface area (Å²) in [6.45, 7) is 1.98. The number of hydrogen-bond acceptors (Lipinski definition) is 4. The minimum Gasteiger partial charge on any atom is -0.466 e. The molecule has 2 amide bonds. The van der Waals surface area contributed by atoms with Crippen LogP contribution in [0.15, 0.2) is 54.6 Å². The van der Waals surface area contributed by atoms with Gasteiger partial charge >= 0.3 is 12.1 Å². The fraction of sp³-hybridized carbons (Fsp3) is 0.375. The normalized spacial score (nSPS) is 17.0. The molecule has 0 spiro atoms. The highest BCUT2D eigenvalue weighted by Crippen LogP contribution is 2.30. The van der Waals surface area contributed by atoms with Crippen LogP contribution in [0.1, 0.15) is 42.5 Å². The number of alkyl halides is 3. The van der Waals surface area contributed by atoms with E-state index in [1.54, 1.807) is 31.2 Å². The summed E-state index contributed by atoms with van der Waals surface area (Å²) in [6, 6.07) is 13.1. The highest BCUT2D eigenvalue weighted by Gasteiger charge is 2.36. The maximum Gasteiger partial charge on any atom is 0.416 e. The fourth-order valence-corrected chi connectivity index (χ4v) is 3.78. The number of halogens is 3. The van der Waals surface area contributed by atoms with Crippen LogP contribution < -0.4 is 5.32 Å². The number of rotatable bonds is 8. The average Bonchev–Trinajstić information content (AvgIpc) is 3.14. The van der Waals surface area contributed by atoms with E-state index >= 15 is 0 Å². The smallest absolute Gasteiger partial charge is 0.416 e. The van der Waals surface area contributed by atoms with Crippen LogP contribution in [0.2, 0.25) is 0 Å². The number of carbonyl (C=O) groups is 3. The van der Waals surface area contributed by atoms with Crippen LogP contribution in [0.5, 0.6) is 0 Å². The molecule has 6 nitrogen and oxygen atoms in total. The molecule has 0 aliphatic carbocycles. The molecule has 0 aromatic heterocycles. The number of benzene rings is 2. The fourth-order valence-electron chi connectivity index (χ4n) is 3.78. The summed E-state index contributed by atoms with van der Waals surface area (Å²) in [4.78, 5) is 38.7. The Hall–Kier alpha value is -3.36. The molecule has 1 saturated heterocycles. The second-order valence-electron chi connectivity index (χ2n) is 7.85. The minimum atomic E-state index is -4.47. The standard InChI is InChI=1S/C24H25F3N2O4/c1-2-33-22(31)13-20(17-8-4-3-5-9-17)28-23(32)18-12-21(30)29(15-18)14-16-7-6-10-19(11-16)24(25,26)27/h3-11,18,20H,2,12-15H2,1H3,(H,28,32). The third kappa shape index (κ3) is 6.57. The van der Waals surface area contributed by atoms with Crippen molar-refractivity contribution in [3.8, 4) is 0 Å². The number of amides is 2. The molecule has 2 unspecified atom stereocenters. The van der Waals surface area contributed by atoms with Gasteiger partial charge in [0.2, 0.25) is 11.8 Å². The lowest BCUT2D eigenvalue weighted by atomic mass is 10.0. The highest BCUT2D eigenvalue weighted by molar-refractivity contribution is 5.89. The van der Waals surface area contributed by atoms with Crippen molar-refractivity contribution in [3.05, 3.63) is 71.3 Å². The highest BCUT2D eigenvalue weighted by atomic mass is 19.4. The largest absolute Gasteiger partial charge is 0.466 e. The number of nitrogens with zero attached hydrogens (tertiary/aromatic N) is 1. The number of carbonyl (C=O) groups excluding carboxylic acids is 3. The Morgan fingerprint density at radius 3 is 2.55 bits per heavy atom. The number of hydrogen-bond donors (Lipinski definition) is 1. The summed E-state index contributed by atoms with van der Waals surface area (Å²) < 4.78 is 43.9. The van der Waals surface area contributed by atoms with Gasteiger partial charge in [0, 0.05) is 19.5 Å². The minimum absolute atomic E-state index is 0.0164. The molecule has 0 radical (unpaired) electrons. The van der Waals surface area contributed by atoms with E-state index in [1.807, 2.05) is 6.07 Å².